The Morgan fingerprint density at radius 2 is 2.00 bits per heavy atom. The molecule has 0 spiro atoms. The molecule has 1 aromatic carbocycles. The molecule has 19 heavy (non-hydrogen) atoms. The molecule has 0 aromatic heterocycles. The second kappa shape index (κ2) is 5.01. The van der Waals surface area contributed by atoms with Gasteiger partial charge in [0.1, 0.15) is 5.92 Å². The summed E-state index contributed by atoms with van der Waals surface area (Å²) >= 11 is 0. The van der Waals surface area contributed by atoms with Crippen molar-refractivity contribution >= 4 is 17.8 Å². The second-order valence-corrected chi connectivity index (χ2v) is 5.08. The molecular formula is C14H18N4O. The number of rotatable bonds is 2. The van der Waals surface area contributed by atoms with Gasteiger partial charge >= 0.3 is 0 Å². The molecule has 1 saturated heterocycles. The van der Waals surface area contributed by atoms with Crippen LogP contribution in [0, 0.1) is 0 Å². The second-order valence-electron chi connectivity index (χ2n) is 5.08. The molecule has 1 unspecified atom stereocenters. The summed E-state index contributed by atoms with van der Waals surface area (Å²) < 4.78 is 0. The highest BCUT2D eigenvalue weighted by molar-refractivity contribution is 6.12. The van der Waals surface area contributed by atoms with Gasteiger partial charge in [-0.05, 0) is 18.7 Å². The van der Waals surface area contributed by atoms with Crippen molar-refractivity contribution < 1.29 is 4.79 Å². The van der Waals surface area contributed by atoms with E-state index in [4.69, 9.17) is 0 Å². The van der Waals surface area contributed by atoms with Gasteiger partial charge in [-0.3, -0.25) is 9.80 Å². The number of carbonyl (C=O) groups excluding carboxylic acids is 1. The van der Waals surface area contributed by atoms with Gasteiger partial charge in [0, 0.05) is 38.1 Å². The highest BCUT2D eigenvalue weighted by Gasteiger charge is 2.28. The van der Waals surface area contributed by atoms with Gasteiger partial charge < -0.3 is 10.2 Å². The first-order valence-electron chi connectivity index (χ1n) is 6.61. The molecule has 5 heteroatoms. The number of carbonyl (C=O) groups is 1. The predicted molar refractivity (Wildman–Crippen MR) is 75.4 cm³/mol. The molecule has 2 aliphatic heterocycles. The molecule has 0 saturated carbocycles. The molecular weight excluding hydrogens is 240 g/mol. The van der Waals surface area contributed by atoms with E-state index in [1.807, 2.05) is 29.3 Å². The molecule has 2 aliphatic rings. The standard InChI is InChI=1S/C14H18N4O/c1-17-6-8-18(9-7-17)15-10-12-11-4-2-3-5-13(11)16-14(12)19/h2-5,10,12H,6-9H2,1H3,(H,16,19). The molecule has 1 atom stereocenters. The average Bonchev–Trinajstić information content (AvgIpc) is 2.74. The first-order chi connectivity index (χ1) is 9.24. The van der Waals surface area contributed by atoms with Crippen molar-refractivity contribution in [3.05, 3.63) is 29.8 Å². The first kappa shape index (κ1) is 12.2. The van der Waals surface area contributed by atoms with Crippen LogP contribution >= 0.6 is 0 Å². The van der Waals surface area contributed by atoms with Crippen LogP contribution in [0.1, 0.15) is 11.5 Å². The van der Waals surface area contributed by atoms with Crippen LogP contribution in [-0.4, -0.2) is 55.3 Å². The number of hydrogen-bond donors (Lipinski definition) is 1. The van der Waals surface area contributed by atoms with Crippen LogP contribution in [0.15, 0.2) is 29.4 Å². The van der Waals surface area contributed by atoms with Gasteiger partial charge in [0.2, 0.25) is 5.91 Å². The number of benzene rings is 1. The highest BCUT2D eigenvalue weighted by Crippen LogP contribution is 2.30. The van der Waals surface area contributed by atoms with E-state index >= 15 is 0 Å². The van der Waals surface area contributed by atoms with E-state index in [-0.39, 0.29) is 11.8 Å². The third kappa shape index (κ3) is 2.46. The van der Waals surface area contributed by atoms with Crippen molar-refractivity contribution in [1.29, 1.82) is 0 Å². The fraction of sp³-hybridized carbons (Fsp3) is 0.429. The zero-order valence-corrected chi connectivity index (χ0v) is 11.0. The molecule has 100 valence electrons. The van der Waals surface area contributed by atoms with Crippen molar-refractivity contribution in [2.45, 2.75) is 5.92 Å². The maximum Gasteiger partial charge on any atom is 0.237 e. The van der Waals surface area contributed by atoms with E-state index in [2.05, 4.69) is 22.4 Å². The van der Waals surface area contributed by atoms with Gasteiger partial charge in [0.25, 0.3) is 0 Å². The smallest absolute Gasteiger partial charge is 0.237 e. The van der Waals surface area contributed by atoms with E-state index in [1.54, 1.807) is 6.21 Å². The summed E-state index contributed by atoms with van der Waals surface area (Å²) in [6.07, 6.45) is 1.77. The lowest BCUT2D eigenvalue weighted by atomic mass is 10.0. The maximum atomic E-state index is 11.9. The lowest BCUT2D eigenvalue weighted by molar-refractivity contribution is -0.115. The van der Waals surface area contributed by atoms with Gasteiger partial charge in [0.15, 0.2) is 0 Å². The number of fused-ring (bicyclic) bond motifs is 1. The molecule has 1 fully saturated rings. The normalized spacial score (nSPS) is 23.7. The highest BCUT2D eigenvalue weighted by atomic mass is 16.2. The molecule has 0 bridgehead atoms. The van der Waals surface area contributed by atoms with Gasteiger partial charge in [0.05, 0.1) is 0 Å². The van der Waals surface area contributed by atoms with Crippen molar-refractivity contribution in [2.75, 3.05) is 38.5 Å². The lowest BCUT2D eigenvalue weighted by Gasteiger charge is -2.30. The number of piperazine rings is 1. The van der Waals surface area contributed by atoms with Crippen LogP contribution in [0.3, 0.4) is 0 Å². The quantitative estimate of drug-likeness (QED) is 0.804. The summed E-state index contributed by atoms with van der Waals surface area (Å²) in [5.41, 5.74) is 1.92. The lowest BCUT2D eigenvalue weighted by Crippen LogP contribution is -2.42. The van der Waals surface area contributed by atoms with E-state index in [0.29, 0.717) is 0 Å². The Labute approximate surface area is 112 Å². The van der Waals surface area contributed by atoms with Crippen molar-refractivity contribution in [2.24, 2.45) is 5.10 Å². The summed E-state index contributed by atoms with van der Waals surface area (Å²) in [6.45, 7) is 3.88. The number of anilines is 1. The maximum absolute atomic E-state index is 11.9. The molecule has 1 N–H and O–H groups in total. The van der Waals surface area contributed by atoms with Crippen LogP contribution in [-0.2, 0) is 4.79 Å². The van der Waals surface area contributed by atoms with Crippen LogP contribution < -0.4 is 5.32 Å². The van der Waals surface area contributed by atoms with Crippen LogP contribution in [0.2, 0.25) is 0 Å². The summed E-state index contributed by atoms with van der Waals surface area (Å²) in [5, 5.41) is 9.39. The number of nitrogens with zero attached hydrogens (tertiary/aromatic N) is 3. The minimum absolute atomic E-state index is 0.0130. The average molecular weight is 258 g/mol. The van der Waals surface area contributed by atoms with E-state index < -0.39 is 0 Å². The summed E-state index contributed by atoms with van der Waals surface area (Å²) in [4.78, 5) is 14.2. The van der Waals surface area contributed by atoms with E-state index in [1.165, 1.54) is 0 Å². The molecule has 1 aromatic rings. The van der Waals surface area contributed by atoms with Gasteiger partial charge in [-0.25, -0.2) is 0 Å². The molecule has 0 aliphatic carbocycles. The summed E-state index contributed by atoms with van der Waals surface area (Å²) in [6, 6.07) is 7.79. The van der Waals surface area contributed by atoms with Crippen LogP contribution in [0.25, 0.3) is 0 Å². The Bertz CT molecular complexity index is 506. The molecule has 0 radical (unpaired) electrons. The zero-order valence-electron chi connectivity index (χ0n) is 11.0. The monoisotopic (exact) mass is 258 g/mol. The zero-order chi connectivity index (χ0) is 13.2. The minimum atomic E-state index is -0.254. The van der Waals surface area contributed by atoms with E-state index in [9.17, 15) is 4.79 Å². The van der Waals surface area contributed by atoms with Crippen molar-refractivity contribution in [3.8, 4) is 0 Å². The molecule has 2 heterocycles. The summed E-state index contributed by atoms with van der Waals surface area (Å²) in [5.74, 6) is -0.241. The third-order valence-corrected chi connectivity index (χ3v) is 3.69. The van der Waals surface area contributed by atoms with Gasteiger partial charge in [-0.1, -0.05) is 18.2 Å². The minimum Gasteiger partial charge on any atom is -0.325 e. The Morgan fingerprint density at radius 1 is 1.26 bits per heavy atom. The Balaban J connectivity index is 1.71. The van der Waals surface area contributed by atoms with Gasteiger partial charge in [-0.15, -0.1) is 0 Å². The van der Waals surface area contributed by atoms with Crippen LogP contribution in [0.5, 0.6) is 0 Å². The number of likely N-dealkylation sites (N-methyl/N-ethyl adjacent to an activating group) is 1. The molecule has 1 amide bonds. The van der Waals surface area contributed by atoms with Crippen LogP contribution in [0.4, 0.5) is 5.69 Å². The Kier molecular flexibility index (Phi) is 3.21. The first-order valence-corrected chi connectivity index (χ1v) is 6.61. The van der Waals surface area contributed by atoms with E-state index in [0.717, 1.165) is 37.4 Å². The third-order valence-electron chi connectivity index (χ3n) is 3.69. The molecule has 5 nitrogen and oxygen atoms in total. The SMILES string of the molecule is CN1CCN(N=CC2C(=O)Nc3ccccc32)CC1. The van der Waals surface area contributed by atoms with Crippen molar-refractivity contribution in [1.82, 2.24) is 9.91 Å². The Hall–Kier alpha value is -1.88. The number of amides is 1. The fourth-order valence-corrected chi connectivity index (χ4v) is 2.45. The summed E-state index contributed by atoms with van der Waals surface area (Å²) in [7, 11) is 2.11. The predicted octanol–water partition coefficient (Wildman–Crippen LogP) is 0.955. The molecule has 3 rings (SSSR count). The number of para-hydroxylation sites is 1. The fourth-order valence-electron chi connectivity index (χ4n) is 2.45. The van der Waals surface area contributed by atoms with Crippen molar-refractivity contribution in [3.63, 3.8) is 0 Å². The topological polar surface area (TPSA) is 47.9 Å². The number of hydrogen-bond acceptors (Lipinski definition) is 4. The van der Waals surface area contributed by atoms with Gasteiger partial charge in [-0.2, -0.15) is 5.10 Å². The number of hydrazone groups is 1. The number of nitrogens with one attached hydrogen (secondary N) is 1. The Morgan fingerprint density at radius 3 is 2.79 bits per heavy atom. The largest absolute Gasteiger partial charge is 0.325 e.